The number of sulfonamides is 1. The first-order valence-corrected chi connectivity index (χ1v) is 7.37. The minimum absolute atomic E-state index is 0.0304. The van der Waals surface area contributed by atoms with E-state index in [1.165, 1.54) is 13.0 Å². The number of hydrogen-bond donors (Lipinski definition) is 2. The van der Waals surface area contributed by atoms with Crippen LogP contribution in [0.2, 0.25) is 0 Å². The number of nitrogens with one attached hydrogen (secondary N) is 2. The van der Waals surface area contributed by atoms with E-state index < -0.39 is 21.7 Å². The standard InChI is InChI=1S/C12H17FN2O3S/c1-3-6-14-12(16)8-15-19(17,18)11-5-4-10(13)7-9(11)2/h4-5,7,15H,3,6,8H2,1-2H3,(H,14,16). The number of aryl methyl sites for hydroxylation is 1. The Bertz CT molecular complexity index is 558. The van der Waals surface area contributed by atoms with Gasteiger partial charge in [-0.2, -0.15) is 0 Å². The molecule has 5 nitrogen and oxygen atoms in total. The van der Waals surface area contributed by atoms with E-state index in [1.54, 1.807) is 0 Å². The second-order valence-corrected chi connectivity index (χ2v) is 5.82. The second-order valence-electron chi connectivity index (χ2n) is 4.08. The molecular formula is C12H17FN2O3S. The van der Waals surface area contributed by atoms with Gasteiger partial charge in [0.15, 0.2) is 0 Å². The lowest BCUT2D eigenvalue weighted by atomic mass is 10.2. The van der Waals surface area contributed by atoms with Gasteiger partial charge in [-0.05, 0) is 37.1 Å². The third kappa shape index (κ3) is 4.60. The average molecular weight is 288 g/mol. The Morgan fingerprint density at radius 1 is 1.37 bits per heavy atom. The molecule has 0 fully saturated rings. The predicted molar refractivity (Wildman–Crippen MR) is 69.6 cm³/mol. The Morgan fingerprint density at radius 3 is 2.63 bits per heavy atom. The third-order valence-electron chi connectivity index (χ3n) is 2.42. The van der Waals surface area contributed by atoms with E-state index >= 15 is 0 Å². The fraction of sp³-hybridized carbons (Fsp3) is 0.417. The lowest BCUT2D eigenvalue weighted by Gasteiger charge is -2.09. The number of amides is 1. The van der Waals surface area contributed by atoms with Gasteiger partial charge in [0.2, 0.25) is 15.9 Å². The lowest BCUT2D eigenvalue weighted by Crippen LogP contribution is -2.37. The summed E-state index contributed by atoms with van der Waals surface area (Å²) in [7, 11) is -3.81. The molecule has 0 atom stereocenters. The van der Waals surface area contributed by atoms with Gasteiger partial charge in [-0.1, -0.05) is 6.92 Å². The van der Waals surface area contributed by atoms with Crippen LogP contribution in [0.5, 0.6) is 0 Å². The Morgan fingerprint density at radius 2 is 2.05 bits per heavy atom. The van der Waals surface area contributed by atoms with Crippen LogP contribution >= 0.6 is 0 Å². The van der Waals surface area contributed by atoms with Crippen LogP contribution in [-0.2, 0) is 14.8 Å². The van der Waals surface area contributed by atoms with Crippen molar-refractivity contribution in [3.8, 4) is 0 Å². The first-order valence-electron chi connectivity index (χ1n) is 5.89. The molecule has 0 aliphatic rings. The van der Waals surface area contributed by atoms with E-state index in [4.69, 9.17) is 0 Å². The molecule has 19 heavy (non-hydrogen) atoms. The summed E-state index contributed by atoms with van der Waals surface area (Å²) in [6.45, 7) is 3.55. The summed E-state index contributed by atoms with van der Waals surface area (Å²) in [5, 5.41) is 2.55. The van der Waals surface area contributed by atoms with Crippen LogP contribution in [-0.4, -0.2) is 27.4 Å². The summed E-state index contributed by atoms with van der Waals surface area (Å²) in [5.74, 6) is -0.901. The molecular weight excluding hydrogens is 271 g/mol. The van der Waals surface area contributed by atoms with Crippen LogP contribution in [0.4, 0.5) is 4.39 Å². The third-order valence-corrected chi connectivity index (χ3v) is 3.98. The normalized spacial score (nSPS) is 11.3. The summed E-state index contributed by atoms with van der Waals surface area (Å²) < 4.78 is 38.9. The van der Waals surface area contributed by atoms with Gasteiger partial charge in [0.25, 0.3) is 0 Å². The van der Waals surface area contributed by atoms with Crippen molar-refractivity contribution in [2.45, 2.75) is 25.2 Å². The van der Waals surface area contributed by atoms with Crippen molar-refractivity contribution in [1.82, 2.24) is 10.0 Å². The number of carbonyl (C=O) groups excluding carboxylic acids is 1. The highest BCUT2D eigenvalue weighted by atomic mass is 32.2. The molecule has 1 rings (SSSR count). The first kappa shape index (κ1) is 15.6. The molecule has 1 aromatic rings. The van der Waals surface area contributed by atoms with Gasteiger partial charge in [-0.25, -0.2) is 17.5 Å². The van der Waals surface area contributed by atoms with Crippen LogP contribution in [0.25, 0.3) is 0 Å². The van der Waals surface area contributed by atoms with Crippen molar-refractivity contribution >= 4 is 15.9 Å². The molecule has 2 N–H and O–H groups in total. The van der Waals surface area contributed by atoms with Gasteiger partial charge in [-0.15, -0.1) is 0 Å². The van der Waals surface area contributed by atoms with Crippen LogP contribution in [0, 0.1) is 12.7 Å². The summed E-state index contributed by atoms with van der Waals surface area (Å²) in [5.41, 5.74) is 0.293. The first-order chi connectivity index (χ1) is 8.86. The summed E-state index contributed by atoms with van der Waals surface area (Å²) >= 11 is 0. The van der Waals surface area contributed by atoms with Crippen LogP contribution in [0.15, 0.2) is 23.1 Å². The van der Waals surface area contributed by atoms with E-state index in [9.17, 15) is 17.6 Å². The molecule has 0 unspecified atom stereocenters. The van der Waals surface area contributed by atoms with Crippen LogP contribution in [0.3, 0.4) is 0 Å². The van der Waals surface area contributed by atoms with Gasteiger partial charge in [0.1, 0.15) is 5.82 Å². The van der Waals surface area contributed by atoms with E-state index in [0.717, 1.165) is 18.6 Å². The minimum Gasteiger partial charge on any atom is -0.355 e. The van der Waals surface area contributed by atoms with Gasteiger partial charge < -0.3 is 5.32 Å². The fourth-order valence-corrected chi connectivity index (χ4v) is 2.69. The number of carbonyl (C=O) groups is 1. The number of rotatable bonds is 6. The van der Waals surface area contributed by atoms with E-state index in [-0.39, 0.29) is 11.4 Å². The minimum atomic E-state index is -3.81. The Hall–Kier alpha value is -1.47. The van der Waals surface area contributed by atoms with Crippen LogP contribution < -0.4 is 10.0 Å². The molecule has 106 valence electrons. The van der Waals surface area contributed by atoms with E-state index in [1.807, 2.05) is 6.92 Å². The Kier molecular flexibility index (Phi) is 5.44. The molecule has 0 radical (unpaired) electrons. The van der Waals surface area contributed by atoms with Crippen molar-refractivity contribution in [2.75, 3.05) is 13.1 Å². The lowest BCUT2D eigenvalue weighted by molar-refractivity contribution is -0.119. The highest BCUT2D eigenvalue weighted by Gasteiger charge is 2.17. The molecule has 0 spiro atoms. The maximum atomic E-state index is 12.9. The van der Waals surface area contributed by atoms with Gasteiger partial charge in [0.05, 0.1) is 11.4 Å². The highest BCUT2D eigenvalue weighted by Crippen LogP contribution is 2.15. The quantitative estimate of drug-likeness (QED) is 0.818. The summed E-state index contributed by atoms with van der Waals surface area (Å²) in [6, 6.07) is 3.38. The van der Waals surface area contributed by atoms with Gasteiger partial charge in [-0.3, -0.25) is 4.79 Å². The molecule has 1 aromatic carbocycles. The van der Waals surface area contributed by atoms with Crippen molar-refractivity contribution in [3.63, 3.8) is 0 Å². The molecule has 0 saturated heterocycles. The zero-order valence-corrected chi connectivity index (χ0v) is 11.7. The van der Waals surface area contributed by atoms with Crippen molar-refractivity contribution in [3.05, 3.63) is 29.6 Å². The SMILES string of the molecule is CCCNC(=O)CNS(=O)(=O)c1ccc(F)cc1C. The van der Waals surface area contributed by atoms with Gasteiger partial charge in [0, 0.05) is 6.54 Å². The molecule has 0 aliphatic heterocycles. The topological polar surface area (TPSA) is 75.3 Å². The smallest absolute Gasteiger partial charge is 0.241 e. The Balaban J connectivity index is 2.73. The zero-order chi connectivity index (χ0) is 14.5. The number of benzene rings is 1. The zero-order valence-electron chi connectivity index (χ0n) is 10.9. The molecule has 0 saturated carbocycles. The van der Waals surface area contributed by atoms with Gasteiger partial charge >= 0.3 is 0 Å². The average Bonchev–Trinajstić information content (AvgIpc) is 2.33. The monoisotopic (exact) mass is 288 g/mol. The predicted octanol–water partition coefficient (Wildman–Crippen LogP) is 0.939. The fourth-order valence-electron chi connectivity index (χ4n) is 1.48. The number of halogens is 1. The van der Waals surface area contributed by atoms with E-state index in [0.29, 0.717) is 12.1 Å². The summed E-state index contributed by atoms with van der Waals surface area (Å²) in [4.78, 5) is 11.3. The largest absolute Gasteiger partial charge is 0.355 e. The van der Waals surface area contributed by atoms with Crippen molar-refractivity contribution < 1.29 is 17.6 Å². The number of hydrogen-bond acceptors (Lipinski definition) is 3. The maximum Gasteiger partial charge on any atom is 0.241 e. The highest BCUT2D eigenvalue weighted by molar-refractivity contribution is 7.89. The van der Waals surface area contributed by atoms with E-state index in [2.05, 4.69) is 10.0 Å². The molecule has 0 bridgehead atoms. The molecule has 0 aliphatic carbocycles. The maximum absolute atomic E-state index is 12.9. The molecule has 1 amide bonds. The molecule has 0 heterocycles. The van der Waals surface area contributed by atoms with Crippen molar-refractivity contribution in [2.24, 2.45) is 0 Å². The molecule has 7 heteroatoms. The Labute approximate surface area is 112 Å². The van der Waals surface area contributed by atoms with Crippen LogP contribution in [0.1, 0.15) is 18.9 Å². The van der Waals surface area contributed by atoms with Crippen molar-refractivity contribution in [1.29, 1.82) is 0 Å². The second kappa shape index (κ2) is 6.63. The molecule has 0 aromatic heterocycles. The summed E-state index contributed by atoms with van der Waals surface area (Å²) in [6.07, 6.45) is 0.773.